The molecule has 4 heteroatoms. The summed E-state index contributed by atoms with van der Waals surface area (Å²) in [6, 6.07) is 8.40. The molecule has 1 atom stereocenters. The maximum atomic E-state index is 12.4. The number of carbonyl (C=O) groups is 1. The lowest BCUT2D eigenvalue weighted by molar-refractivity contribution is -0.117. The van der Waals surface area contributed by atoms with Crippen LogP contribution in [0.5, 0.6) is 0 Å². The summed E-state index contributed by atoms with van der Waals surface area (Å²) in [6.07, 6.45) is 8.55. The molecule has 0 aliphatic heterocycles. The van der Waals surface area contributed by atoms with Gasteiger partial charge in [0.2, 0.25) is 0 Å². The molecule has 0 heterocycles. The maximum absolute atomic E-state index is 12.4. The number of nitriles is 1. The Balaban J connectivity index is 2.03. The van der Waals surface area contributed by atoms with Crippen LogP contribution in [0.3, 0.4) is 0 Å². The summed E-state index contributed by atoms with van der Waals surface area (Å²) in [6.45, 7) is 4.93. The summed E-state index contributed by atoms with van der Waals surface area (Å²) in [7, 11) is 1.90. The van der Waals surface area contributed by atoms with Crippen molar-refractivity contribution in [1.29, 1.82) is 5.26 Å². The fourth-order valence-electron chi connectivity index (χ4n) is 3.21. The molecule has 134 valence electrons. The maximum Gasteiger partial charge on any atom is 0.263 e. The molecule has 1 aliphatic rings. The molecule has 1 aliphatic carbocycles. The van der Waals surface area contributed by atoms with Crippen molar-refractivity contribution in [2.24, 2.45) is 0 Å². The summed E-state index contributed by atoms with van der Waals surface area (Å²) < 4.78 is 0. The van der Waals surface area contributed by atoms with Crippen molar-refractivity contribution < 1.29 is 4.79 Å². The van der Waals surface area contributed by atoms with E-state index in [0.29, 0.717) is 0 Å². The first-order valence-electron chi connectivity index (χ1n) is 9.29. The third-order valence-corrected chi connectivity index (χ3v) is 4.80. The highest BCUT2D eigenvalue weighted by molar-refractivity contribution is 5.97. The Bertz CT molecular complexity index is 672. The number of benzene rings is 1. The van der Waals surface area contributed by atoms with Crippen molar-refractivity contribution in [2.75, 3.05) is 13.6 Å². The van der Waals surface area contributed by atoms with Crippen molar-refractivity contribution in [3.05, 3.63) is 46.7 Å². The van der Waals surface area contributed by atoms with E-state index in [1.807, 2.05) is 24.9 Å². The molecule has 0 fully saturated rings. The number of hydrogen-bond donors (Lipinski definition) is 1. The van der Waals surface area contributed by atoms with Gasteiger partial charge in [0.1, 0.15) is 11.6 Å². The molecule has 2 rings (SSSR count). The van der Waals surface area contributed by atoms with Gasteiger partial charge in [-0.1, -0.05) is 31.5 Å². The molecule has 25 heavy (non-hydrogen) atoms. The first-order chi connectivity index (χ1) is 12.0. The van der Waals surface area contributed by atoms with Crippen LogP contribution in [-0.2, 0) is 17.6 Å². The highest BCUT2D eigenvalue weighted by Crippen LogP contribution is 2.24. The van der Waals surface area contributed by atoms with Crippen LogP contribution in [0.25, 0.3) is 0 Å². The van der Waals surface area contributed by atoms with E-state index in [2.05, 4.69) is 30.4 Å². The molecule has 1 aromatic rings. The van der Waals surface area contributed by atoms with Gasteiger partial charge in [0, 0.05) is 19.8 Å². The quantitative estimate of drug-likeness (QED) is 0.606. The average Bonchev–Trinajstić information content (AvgIpc) is 2.63. The van der Waals surface area contributed by atoms with E-state index in [4.69, 9.17) is 0 Å². The molecule has 1 N–H and O–H groups in total. The minimum atomic E-state index is -0.309. The largest absolute Gasteiger partial charge is 0.379 e. The van der Waals surface area contributed by atoms with Gasteiger partial charge in [0.05, 0.1) is 6.04 Å². The smallest absolute Gasteiger partial charge is 0.263 e. The molecule has 0 radical (unpaired) electrons. The molecule has 1 amide bonds. The van der Waals surface area contributed by atoms with Gasteiger partial charge in [-0.15, -0.1) is 0 Å². The lowest BCUT2D eigenvalue weighted by Crippen LogP contribution is -2.29. The van der Waals surface area contributed by atoms with Crippen molar-refractivity contribution >= 4 is 5.91 Å². The van der Waals surface area contributed by atoms with Gasteiger partial charge >= 0.3 is 0 Å². The summed E-state index contributed by atoms with van der Waals surface area (Å²) in [5, 5.41) is 12.3. The number of aryl methyl sites for hydroxylation is 2. The van der Waals surface area contributed by atoms with E-state index in [1.54, 1.807) is 6.20 Å². The third kappa shape index (κ3) is 5.35. The fourth-order valence-corrected chi connectivity index (χ4v) is 3.21. The number of rotatable bonds is 7. The molecule has 1 aromatic carbocycles. The van der Waals surface area contributed by atoms with Gasteiger partial charge in [0.15, 0.2) is 0 Å². The van der Waals surface area contributed by atoms with Gasteiger partial charge in [0.25, 0.3) is 5.91 Å². The summed E-state index contributed by atoms with van der Waals surface area (Å²) >= 11 is 0. The Labute approximate surface area is 151 Å². The molecule has 0 saturated carbocycles. The number of fused-ring (bicyclic) bond motifs is 1. The number of nitrogens with zero attached hydrogens (tertiary/aromatic N) is 2. The van der Waals surface area contributed by atoms with Crippen LogP contribution in [0.4, 0.5) is 0 Å². The number of unbranched alkanes of at least 4 members (excludes halogenated alkanes) is 1. The van der Waals surface area contributed by atoms with Crippen molar-refractivity contribution in [1.82, 2.24) is 10.2 Å². The molecule has 0 saturated heterocycles. The topological polar surface area (TPSA) is 56.1 Å². The van der Waals surface area contributed by atoms with Gasteiger partial charge in [-0.2, -0.15) is 5.26 Å². The Morgan fingerprint density at radius 3 is 2.76 bits per heavy atom. The van der Waals surface area contributed by atoms with Crippen molar-refractivity contribution in [2.45, 2.75) is 58.4 Å². The van der Waals surface area contributed by atoms with Crippen LogP contribution in [-0.4, -0.2) is 24.4 Å². The molecule has 0 bridgehead atoms. The normalized spacial score (nSPS) is 15.0. The Morgan fingerprint density at radius 1 is 1.36 bits per heavy atom. The molecular formula is C21H29N3O. The van der Waals surface area contributed by atoms with Gasteiger partial charge in [-0.25, -0.2) is 0 Å². The number of hydrogen-bond acceptors (Lipinski definition) is 3. The zero-order chi connectivity index (χ0) is 18.2. The fraction of sp³-hybridized carbons (Fsp3) is 0.524. The number of carbonyl (C=O) groups excluding carboxylic acids is 1. The summed E-state index contributed by atoms with van der Waals surface area (Å²) in [5.41, 5.74) is 4.10. The lowest BCUT2D eigenvalue weighted by Gasteiger charge is -2.20. The molecule has 0 aromatic heterocycles. The third-order valence-electron chi connectivity index (χ3n) is 4.80. The van der Waals surface area contributed by atoms with Crippen LogP contribution >= 0.6 is 0 Å². The second kappa shape index (κ2) is 9.27. The van der Waals surface area contributed by atoms with E-state index in [0.717, 1.165) is 37.8 Å². The molecule has 0 spiro atoms. The van der Waals surface area contributed by atoms with E-state index < -0.39 is 0 Å². The lowest BCUT2D eigenvalue weighted by atomic mass is 9.89. The number of amides is 1. The van der Waals surface area contributed by atoms with Gasteiger partial charge in [-0.3, -0.25) is 4.79 Å². The van der Waals surface area contributed by atoms with E-state index >= 15 is 0 Å². The highest BCUT2D eigenvalue weighted by Gasteiger charge is 2.16. The minimum absolute atomic E-state index is 0.113. The van der Waals surface area contributed by atoms with Gasteiger partial charge < -0.3 is 10.2 Å². The standard InChI is InChI=1S/C21H29N3O/c1-4-5-12-24(3)15-20(14-22)21(25)23-16(2)18-11-10-17-8-6-7-9-19(17)13-18/h10-11,13,15-16H,4-9,12H2,1-3H3,(H,23,25)/b20-15-. The second-order valence-corrected chi connectivity index (χ2v) is 6.92. The zero-order valence-electron chi connectivity index (χ0n) is 15.6. The van der Waals surface area contributed by atoms with Crippen LogP contribution in [0.15, 0.2) is 30.0 Å². The Hall–Kier alpha value is -2.28. The first kappa shape index (κ1) is 19.1. The van der Waals surface area contributed by atoms with Crippen LogP contribution < -0.4 is 5.32 Å². The SMILES string of the molecule is CCCCN(C)/C=C(/C#N)C(=O)NC(C)c1ccc2c(c1)CCCC2. The van der Waals surface area contributed by atoms with Crippen molar-refractivity contribution in [3.63, 3.8) is 0 Å². The molecule has 4 nitrogen and oxygen atoms in total. The monoisotopic (exact) mass is 339 g/mol. The van der Waals surface area contributed by atoms with Crippen molar-refractivity contribution in [3.8, 4) is 6.07 Å². The Kier molecular flexibility index (Phi) is 7.06. The number of nitrogens with one attached hydrogen (secondary N) is 1. The predicted octanol–water partition coefficient (Wildman–Crippen LogP) is 3.88. The van der Waals surface area contributed by atoms with E-state index in [9.17, 15) is 10.1 Å². The van der Waals surface area contributed by atoms with E-state index in [1.165, 1.54) is 24.0 Å². The second-order valence-electron chi connectivity index (χ2n) is 6.92. The molecular weight excluding hydrogens is 310 g/mol. The van der Waals surface area contributed by atoms with E-state index in [-0.39, 0.29) is 17.5 Å². The zero-order valence-corrected chi connectivity index (χ0v) is 15.6. The summed E-state index contributed by atoms with van der Waals surface area (Å²) in [5.74, 6) is -0.309. The van der Waals surface area contributed by atoms with Crippen LogP contribution in [0, 0.1) is 11.3 Å². The predicted molar refractivity (Wildman–Crippen MR) is 101 cm³/mol. The van der Waals surface area contributed by atoms with Crippen LogP contribution in [0.1, 0.15) is 62.3 Å². The highest BCUT2D eigenvalue weighted by atomic mass is 16.1. The minimum Gasteiger partial charge on any atom is -0.379 e. The average molecular weight is 339 g/mol. The van der Waals surface area contributed by atoms with Gasteiger partial charge in [-0.05, 0) is 55.7 Å². The first-order valence-corrected chi connectivity index (χ1v) is 9.29. The summed E-state index contributed by atoms with van der Waals surface area (Å²) in [4.78, 5) is 14.3. The molecule has 1 unspecified atom stereocenters. The Morgan fingerprint density at radius 2 is 2.08 bits per heavy atom. The van der Waals surface area contributed by atoms with Crippen LogP contribution in [0.2, 0.25) is 0 Å².